The lowest BCUT2D eigenvalue weighted by Gasteiger charge is -2.38. The molecule has 0 aromatic rings. The van der Waals surface area contributed by atoms with Crippen LogP contribution in [-0.4, -0.2) is 50.2 Å². The van der Waals surface area contributed by atoms with Gasteiger partial charge in [-0.05, 0) is 51.1 Å². The van der Waals surface area contributed by atoms with Crippen LogP contribution in [0.2, 0.25) is 0 Å². The van der Waals surface area contributed by atoms with Crippen LogP contribution in [0.5, 0.6) is 0 Å². The normalized spacial score (nSPS) is 22.9. The van der Waals surface area contributed by atoms with E-state index in [2.05, 4.69) is 24.2 Å². The molecule has 0 aromatic carbocycles. The minimum atomic E-state index is -0.484. The van der Waals surface area contributed by atoms with Crippen molar-refractivity contribution in [3.8, 4) is 0 Å². The molecule has 0 aliphatic heterocycles. The van der Waals surface area contributed by atoms with Crippen molar-refractivity contribution >= 4 is 5.97 Å². The van der Waals surface area contributed by atoms with Gasteiger partial charge in [-0.1, -0.05) is 13.3 Å². The van der Waals surface area contributed by atoms with Gasteiger partial charge in [0.05, 0.1) is 7.11 Å². The number of carbonyl (C=O) groups is 1. The lowest BCUT2D eigenvalue weighted by atomic mass is 9.84. The Kier molecular flexibility index (Phi) is 4.85. The molecule has 0 aromatic heterocycles. The second-order valence-electron chi connectivity index (χ2n) is 6.26. The number of nitrogens with one attached hydrogen (secondary N) is 1. The molecule has 0 amide bonds. The molecular formula is C15H28N2O2. The molecule has 1 N–H and O–H groups in total. The fourth-order valence-electron chi connectivity index (χ4n) is 3.31. The fraction of sp³-hybridized carbons (Fsp3) is 0.933. The summed E-state index contributed by atoms with van der Waals surface area (Å²) in [7, 11) is 3.64. The Balaban J connectivity index is 2.00. The van der Waals surface area contributed by atoms with Crippen LogP contribution in [0.15, 0.2) is 0 Å². The molecule has 110 valence electrons. The van der Waals surface area contributed by atoms with Crippen LogP contribution in [0.3, 0.4) is 0 Å². The summed E-state index contributed by atoms with van der Waals surface area (Å²) >= 11 is 0. The predicted molar refractivity (Wildman–Crippen MR) is 76.0 cm³/mol. The molecule has 0 heterocycles. The second-order valence-corrected chi connectivity index (χ2v) is 6.26. The number of nitrogens with zero attached hydrogens (tertiary/aromatic N) is 1. The van der Waals surface area contributed by atoms with Crippen LogP contribution < -0.4 is 5.32 Å². The quantitative estimate of drug-likeness (QED) is 0.680. The van der Waals surface area contributed by atoms with Crippen LogP contribution in [0, 0.1) is 11.8 Å². The first-order valence-electron chi connectivity index (χ1n) is 7.64. The Morgan fingerprint density at radius 3 is 2.47 bits per heavy atom. The Labute approximate surface area is 116 Å². The maximum atomic E-state index is 12.3. The molecule has 2 aliphatic rings. The van der Waals surface area contributed by atoms with Crippen LogP contribution in [0.4, 0.5) is 0 Å². The van der Waals surface area contributed by atoms with E-state index in [0.717, 1.165) is 38.4 Å². The van der Waals surface area contributed by atoms with Crippen LogP contribution >= 0.6 is 0 Å². The molecule has 1 unspecified atom stereocenters. The summed E-state index contributed by atoms with van der Waals surface area (Å²) in [6, 6.07) is 0. The van der Waals surface area contributed by atoms with Gasteiger partial charge in [0.1, 0.15) is 5.54 Å². The second kappa shape index (κ2) is 6.23. The number of rotatable bonds is 8. The maximum Gasteiger partial charge on any atom is 0.327 e. The molecule has 19 heavy (non-hydrogen) atoms. The third-order valence-corrected chi connectivity index (χ3v) is 4.63. The standard InChI is InChI=1S/C15H28N2O2/c1-4-16-15(13-8-9-13,14(18)19-3)11-17(2)10-12-6-5-7-12/h12-13,16H,4-11H2,1-3H3. The Hall–Kier alpha value is -0.610. The third kappa shape index (κ3) is 3.29. The van der Waals surface area contributed by atoms with Gasteiger partial charge in [0.2, 0.25) is 0 Å². The molecule has 0 radical (unpaired) electrons. The lowest BCUT2D eigenvalue weighted by molar-refractivity contribution is -0.150. The first kappa shape index (κ1) is 14.8. The minimum Gasteiger partial charge on any atom is -0.468 e. The van der Waals surface area contributed by atoms with Gasteiger partial charge in [0, 0.05) is 13.1 Å². The van der Waals surface area contributed by atoms with E-state index < -0.39 is 5.54 Å². The summed E-state index contributed by atoms with van der Waals surface area (Å²) in [6.45, 7) is 4.75. The van der Waals surface area contributed by atoms with E-state index in [0.29, 0.717) is 5.92 Å². The minimum absolute atomic E-state index is 0.0858. The number of esters is 1. The maximum absolute atomic E-state index is 12.3. The Bertz CT molecular complexity index is 313. The molecule has 2 fully saturated rings. The van der Waals surface area contributed by atoms with Gasteiger partial charge < -0.3 is 15.0 Å². The van der Waals surface area contributed by atoms with E-state index in [9.17, 15) is 4.79 Å². The molecule has 2 aliphatic carbocycles. The molecule has 0 bridgehead atoms. The van der Waals surface area contributed by atoms with Gasteiger partial charge in [-0.15, -0.1) is 0 Å². The van der Waals surface area contributed by atoms with Gasteiger partial charge in [-0.3, -0.25) is 0 Å². The molecular weight excluding hydrogens is 240 g/mol. The van der Waals surface area contributed by atoms with E-state index in [1.165, 1.54) is 26.4 Å². The number of carbonyl (C=O) groups excluding carboxylic acids is 1. The van der Waals surface area contributed by atoms with Crippen molar-refractivity contribution in [3.05, 3.63) is 0 Å². The van der Waals surface area contributed by atoms with Crippen LogP contribution in [-0.2, 0) is 9.53 Å². The van der Waals surface area contributed by atoms with Crippen molar-refractivity contribution in [3.63, 3.8) is 0 Å². The third-order valence-electron chi connectivity index (χ3n) is 4.63. The summed E-state index contributed by atoms with van der Waals surface area (Å²) in [5.41, 5.74) is -0.484. The largest absolute Gasteiger partial charge is 0.468 e. The van der Waals surface area contributed by atoms with Crippen molar-refractivity contribution in [2.45, 2.75) is 44.6 Å². The smallest absolute Gasteiger partial charge is 0.327 e. The van der Waals surface area contributed by atoms with Gasteiger partial charge >= 0.3 is 5.97 Å². The summed E-state index contributed by atoms with van der Waals surface area (Å²) in [4.78, 5) is 14.6. The van der Waals surface area contributed by atoms with Crippen molar-refractivity contribution in [2.24, 2.45) is 11.8 Å². The fourth-order valence-corrected chi connectivity index (χ4v) is 3.31. The average molecular weight is 268 g/mol. The van der Waals surface area contributed by atoms with E-state index in [1.54, 1.807) is 0 Å². The van der Waals surface area contributed by atoms with Crippen molar-refractivity contribution in [1.82, 2.24) is 10.2 Å². The monoisotopic (exact) mass is 268 g/mol. The number of methoxy groups -OCH3 is 1. The SMILES string of the molecule is CCNC(CN(C)CC1CCC1)(C(=O)OC)C1CC1. The number of hydrogen-bond acceptors (Lipinski definition) is 4. The number of likely N-dealkylation sites (N-methyl/N-ethyl adjacent to an activating group) is 2. The zero-order valence-corrected chi connectivity index (χ0v) is 12.6. The number of hydrogen-bond donors (Lipinski definition) is 1. The predicted octanol–water partition coefficient (Wildman–Crippen LogP) is 1.65. The summed E-state index contributed by atoms with van der Waals surface area (Å²) in [6.07, 6.45) is 6.34. The molecule has 4 heteroatoms. The van der Waals surface area contributed by atoms with Crippen LogP contribution in [0.25, 0.3) is 0 Å². The highest BCUT2D eigenvalue weighted by Gasteiger charge is 2.52. The van der Waals surface area contributed by atoms with E-state index in [4.69, 9.17) is 4.74 Å². The van der Waals surface area contributed by atoms with Crippen molar-refractivity contribution in [1.29, 1.82) is 0 Å². The van der Waals surface area contributed by atoms with Gasteiger partial charge in [0.15, 0.2) is 0 Å². The highest BCUT2D eigenvalue weighted by Crippen LogP contribution is 2.41. The topological polar surface area (TPSA) is 41.6 Å². The van der Waals surface area contributed by atoms with Crippen LogP contribution in [0.1, 0.15) is 39.0 Å². The molecule has 2 saturated carbocycles. The Morgan fingerprint density at radius 2 is 2.05 bits per heavy atom. The van der Waals surface area contributed by atoms with Crippen molar-refractivity contribution < 1.29 is 9.53 Å². The summed E-state index contributed by atoms with van der Waals surface area (Å²) in [5.74, 6) is 1.20. The first-order valence-corrected chi connectivity index (χ1v) is 7.64. The van der Waals surface area contributed by atoms with E-state index in [1.807, 2.05) is 0 Å². The molecule has 0 spiro atoms. The first-order chi connectivity index (χ1) is 9.12. The van der Waals surface area contributed by atoms with Gasteiger partial charge in [-0.25, -0.2) is 4.79 Å². The van der Waals surface area contributed by atoms with Gasteiger partial charge in [-0.2, -0.15) is 0 Å². The van der Waals surface area contributed by atoms with Crippen molar-refractivity contribution in [2.75, 3.05) is 33.8 Å². The lowest BCUT2D eigenvalue weighted by Crippen LogP contribution is -2.61. The number of ether oxygens (including phenoxy) is 1. The summed E-state index contributed by atoms with van der Waals surface area (Å²) < 4.78 is 5.09. The van der Waals surface area contributed by atoms with E-state index in [-0.39, 0.29) is 5.97 Å². The molecule has 4 nitrogen and oxygen atoms in total. The Morgan fingerprint density at radius 1 is 1.37 bits per heavy atom. The average Bonchev–Trinajstić information content (AvgIpc) is 3.16. The zero-order valence-electron chi connectivity index (χ0n) is 12.6. The molecule has 1 atom stereocenters. The summed E-state index contributed by atoms with van der Waals surface area (Å²) in [5, 5.41) is 3.43. The highest BCUT2D eigenvalue weighted by atomic mass is 16.5. The van der Waals surface area contributed by atoms with E-state index >= 15 is 0 Å². The van der Waals surface area contributed by atoms with Gasteiger partial charge in [0.25, 0.3) is 0 Å². The molecule has 2 rings (SSSR count). The highest BCUT2D eigenvalue weighted by molar-refractivity contribution is 5.82. The zero-order chi connectivity index (χ0) is 13.9. The molecule has 0 saturated heterocycles.